The van der Waals surface area contributed by atoms with Gasteiger partial charge in [-0.2, -0.15) is 18.2 Å². The fraction of sp³-hybridized carbons (Fsp3) is 0.400. The van der Waals surface area contributed by atoms with Crippen molar-refractivity contribution >= 4 is 11.6 Å². The van der Waals surface area contributed by atoms with Gasteiger partial charge in [0.1, 0.15) is 0 Å². The number of aromatic nitrogens is 2. The van der Waals surface area contributed by atoms with Crippen molar-refractivity contribution in [3.05, 3.63) is 41.5 Å². The SMILES string of the molecule is CCc1noc(CN(C)CC(=O)Nc2ccccc2C(F)(F)F)n1. The molecular formula is C15H17F3N4O2. The van der Waals surface area contributed by atoms with Gasteiger partial charge >= 0.3 is 6.18 Å². The molecule has 1 aromatic carbocycles. The van der Waals surface area contributed by atoms with E-state index in [1.807, 2.05) is 6.92 Å². The Labute approximate surface area is 136 Å². The molecule has 1 heterocycles. The maximum atomic E-state index is 12.9. The van der Waals surface area contributed by atoms with Crippen LogP contribution in [0.25, 0.3) is 0 Å². The molecule has 0 atom stereocenters. The fourth-order valence-electron chi connectivity index (χ4n) is 2.06. The van der Waals surface area contributed by atoms with Gasteiger partial charge in [0.2, 0.25) is 11.8 Å². The van der Waals surface area contributed by atoms with Crippen molar-refractivity contribution in [1.82, 2.24) is 15.0 Å². The lowest BCUT2D eigenvalue weighted by molar-refractivity contribution is -0.137. The Balaban J connectivity index is 1.96. The molecule has 9 heteroatoms. The van der Waals surface area contributed by atoms with Gasteiger partial charge in [0, 0.05) is 6.42 Å². The van der Waals surface area contributed by atoms with Crippen LogP contribution in [0.2, 0.25) is 0 Å². The topological polar surface area (TPSA) is 71.3 Å². The van der Waals surface area contributed by atoms with Crippen molar-refractivity contribution in [2.75, 3.05) is 18.9 Å². The van der Waals surface area contributed by atoms with E-state index in [4.69, 9.17) is 4.52 Å². The van der Waals surface area contributed by atoms with E-state index in [1.54, 1.807) is 11.9 Å². The number of nitrogens with zero attached hydrogens (tertiary/aromatic N) is 3. The summed E-state index contributed by atoms with van der Waals surface area (Å²) in [6, 6.07) is 4.83. The van der Waals surface area contributed by atoms with Crippen LogP contribution in [-0.2, 0) is 23.9 Å². The van der Waals surface area contributed by atoms with Gasteiger partial charge in [-0.15, -0.1) is 0 Å². The van der Waals surface area contributed by atoms with Crippen LogP contribution in [0.15, 0.2) is 28.8 Å². The molecule has 6 nitrogen and oxygen atoms in total. The molecule has 0 saturated heterocycles. The van der Waals surface area contributed by atoms with E-state index in [0.29, 0.717) is 18.1 Å². The highest BCUT2D eigenvalue weighted by molar-refractivity contribution is 5.93. The largest absolute Gasteiger partial charge is 0.418 e. The van der Waals surface area contributed by atoms with Gasteiger partial charge in [-0.05, 0) is 19.2 Å². The fourth-order valence-corrected chi connectivity index (χ4v) is 2.06. The number of carbonyl (C=O) groups excluding carboxylic acids is 1. The second-order valence-corrected chi connectivity index (χ2v) is 5.22. The molecule has 24 heavy (non-hydrogen) atoms. The summed E-state index contributed by atoms with van der Waals surface area (Å²) < 4.78 is 43.7. The average Bonchev–Trinajstić information content (AvgIpc) is 2.93. The van der Waals surface area contributed by atoms with Crippen LogP contribution in [0.4, 0.5) is 18.9 Å². The summed E-state index contributed by atoms with van der Waals surface area (Å²) in [7, 11) is 1.63. The van der Waals surface area contributed by atoms with E-state index in [2.05, 4.69) is 15.5 Å². The minimum atomic E-state index is -4.53. The summed E-state index contributed by atoms with van der Waals surface area (Å²) in [5, 5.41) is 6.02. The van der Waals surface area contributed by atoms with Gasteiger partial charge in [-0.25, -0.2) is 0 Å². The Morgan fingerprint density at radius 2 is 2.04 bits per heavy atom. The number of carbonyl (C=O) groups is 1. The number of likely N-dealkylation sites (N-methyl/N-ethyl adjacent to an activating group) is 1. The van der Waals surface area contributed by atoms with Crippen molar-refractivity contribution in [1.29, 1.82) is 0 Å². The van der Waals surface area contributed by atoms with Gasteiger partial charge < -0.3 is 9.84 Å². The summed E-state index contributed by atoms with van der Waals surface area (Å²) in [5.41, 5.74) is -1.15. The summed E-state index contributed by atoms with van der Waals surface area (Å²) in [5.74, 6) is 0.337. The smallest absolute Gasteiger partial charge is 0.338 e. The highest BCUT2D eigenvalue weighted by atomic mass is 19.4. The predicted molar refractivity (Wildman–Crippen MR) is 80.1 cm³/mol. The zero-order chi connectivity index (χ0) is 17.7. The molecule has 0 spiro atoms. The molecule has 0 fully saturated rings. The summed E-state index contributed by atoms with van der Waals surface area (Å²) >= 11 is 0. The molecule has 0 unspecified atom stereocenters. The third-order valence-electron chi connectivity index (χ3n) is 3.15. The molecule has 0 aliphatic rings. The lowest BCUT2D eigenvalue weighted by atomic mass is 10.1. The molecule has 0 aliphatic carbocycles. The minimum Gasteiger partial charge on any atom is -0.338 e. The Kier molecular flexibility index (Phi) is 5.55. The molecule has 1 N–H and O–H groups in total. The zero-order valence-electron chi connectivity index (χ0n) is 13.2. The van der Waals surface area contributed by atoms with E-state index in [-0.39, 0.29) is 18.8 Å². The molecule has 0 bridgehead atoms. The monoisotopic (exact) mass is 342 g/mol. The van der Waals surface area contributed by atoms with Crippen molar-refractivity contribution in [2.24, 2.45) is 0 Å². The van der Waals surface area contributed by atoms with Crippen LogP contribution in [0, 0.1) is 0 Å². The number of alkyl halides is 3. The Hall–Kier alpha value is -2.42. The van der Waals surface area contributed by atoms with Crippen LogP contribution in [0.5, 0.6) is 0 Å². The van der Waals surface area contributed by atoms with Crippen molar-refractivity contribution < 1.29 is 22.5 Å². The van der Waals surface area contributed by atoms with E-state index in [9.17, 15) is 18.0 Å². The molecule has 1 aromatic heterocycles. The van der Waals surface area contributed by atoms with Gasteiger partial charge in [0.05, 0.1) is 24.3 Å². The van der Waals surface area contributed by atoms with Gasteiger partial charge in [-0.3, -0.25) is 9.69 Å². The van der Waals surface area contributed by atoms with Crippen molar-refractivity contribution in [3.63, 3.8) is 0 Å². The molecule has 0 saturated carbocycles. The first-order valence-corrected chi connectivity index (χ1v) is 7.25. The number of amides is 1. The molecule has 130 valence electrons. The highest BCUT2D eigenvalue weighted by Crippen LogP contribution is 2.34. The van der Waals surface area contributed by atoms with Crippen molar-refractivity contribution in [3.8, 4) is 0 Å². The Bertz CT molecular complexity index is 700. The zero-order valence-corrected chi connectivity index (χ0v) is 13.2. The van der Waals surface area contributed by atoms with Gasteiger partial charge in [-0.1, -0.05) is 24.2 Å². The minimum absolute atomic E-state index is 0.115. The summed E-state index contributed by atoms with van der Waals surface area (Å²) in [4.78, 5) is 17.6. The third kappa shape index (κ3) is 4.79. The number of nitrogens with one attached hydrogen (secondary N) is 1. The maximum Gasteiger partial charge on any atom is 0.418 e. The predicted octanol–water partition coefficient (Wildman–Crippen LogP) is 2.72. The molecule has 0 aliphatic heterocycles. The van der Waals surface area contributed by atoms with Gasteiger partial charge in [0.25, 0.3) is 0 Å². The quantitative estimate of drug-likeness (QED) is 0.874. The summed E-state index contributed by atoms with van der Waals surface area (Å²) in [6.45, 7) is 1.99. The molecular weight excluding hydrogens is 325 g/mol. The first-order chi connectivity index (χ1) is 11.3. The maximum absolute atomic E-state index is 12.9. The molecule has 2 rings (SSSR count). The number of benzene rings is 1. The molecule has 1 amide bonds. The molecule has 2 aromatic rings. The van der Waals surface area contributed by atoms with Crippen LogP contribution >= 0.6 is 0 Å². The number of halogens is 3. The lowest BCUT2D eigenvalue weighted by Gasteiger charge is -2.16. The van der Waals surface area contributed by atoms with Crippen LogP contribution in [0.3, 0.4) is 0 Å². The van der Waals surface area contributed by atoms with Crippen LogP contribution < -0.4 is 5.32 Å². The van der Waals surface area contributed by atoms with E-state index < -0.39 is 17.6 Å². The van der Waals surface area contributed by atoms with Crippen molar-refractivity contribution in [2.45, 2.75) is 26.1 Å². The first-order valence-electron chi connectivity index (χ1n) is 7.25. The highest BCUT2D eigenvalue weighted by Gasteiger charge is 2.33. The van der Waals surface area contributed by atoms with Crippen LogP contribution in [-0.4, -0.2) is 34.5 Å². The Morgan fingerprint density at radius 1 is 1.33 bits per heavy atom. The number of hydrogen-bond donors (Lipinski definition) is 1. The number of para-hydroxylation sites is 1. The first kappa shape index (κ1) is 17.9. The van der Waals surface area contributed by atoms with Gasteiger partial charge in [0.15, 0.2) is 5.82 Å². The number of aryl methyl sites for hydroxylation is 1. The lowest BCUT2D eigenvalue weighted by Crippen LogP contribution is -2.30. The van der Waals surface area contributed by atoms with Crippen LogP contribution in [0.1, 0.15) is 24.2 Å². The molecule has 0 radical (unpaired) electrons. The third-order valence-corrected chi connectivity index (χ3v) is 3.15. The Morgan fingerprint density at radius 3 is 2.67 bits per heavy atom. The number of rotatable bonds is 6. The standard InChI is InChI=1S/C15H17F3N4O2/c1-3-12-20-14(24-21-12)9-22(2)8-13(23)19-11-7-5-4-6-10(11)15(16,17)18/h4-7H,3,8-9H2,1-2H3,(H,19,23). The number of anilines is 1. The van der Waals surface area contributed by atoms with E-state index in [1.165, 1.54) is 18.2 Å². The van der Waals surface area contributed by atoms with E-state index in [0.717, 1.165) is 6.07 Å². The average molecular weight is 342 g/mol. The van der Waals surface area contributed by atoms with E-state index >= 15 is 0 Å². The number of hydrogen-bond acceptors (Lipinski definition) is 5. The summed E-state index contributed by atoms with van der Waals surface area (Å²) in [6.07, 6.45) is -3.90. The second kappa shape index (κ2) is 7.43. The normalized spacial score (nSPS) is 11.8. The second-order valence-electron chi connectivity index (χ2n) is 5.22.